The van der Waals surface area contributed by atoms with Crippen molar-refractivity contribution >= 4 is 5.69 Å². The number of methoxy groups -OCH3 is 1. The molecule has 0 radical (unpaired) electrons. The number of ether oxygens (including phenoxy) is 1. The van der Waals surface area contributed by atoms with Gasteiger partial charge < -0.3 is 14.7 Å². The van der Waals surface area contributed by atoms with Crippen LogP contribution >= 0.6 is 0 Å². The third-order valence-corrected chi connectivity index (χ3v) is 7.22. The summed E-state index contributed by atoms with van der Waals surface area (Å²) in [6.07, 6.45) is 14.1. The van der Waals surface area contributed by atoms with Crippen LogP contribution in [-0.4, -0.2) is 55.4 Å². The molecule has 4 heteroatoms. The van der Waals surface area contributed by atoms with Gasteiger partial charge in [0.25, 0.3) is 0 Å². The highest BCUT2D eigenvalue weighted by Gasteiger charge is 2.35. The van der Waals surface area contributed by atoms with Crippen molar-refractivity contribution in [2.45, 2.75) is 69.8 Å². The first kappa shape index (κ1) is 23.1. The first-order valence-corrected chi connectivity index (χ1v) is 12.1. The minimum Gasteiger partial charge on any atom is -0.495 e. The van der Waals surface area contributed by atoms with Gasteiger partial charge >= 0.3 is 0 Å². The van der Waals surface area contributed by atoms with Crippen LogP contribution in [-0.2, 0) is 0 Å². The van der Waals surface area contributed by atoms with E-state index in [-0.39, 0.29) is 5.92 Å². The average Bonchev–Trinajstić information content (AvgIpc) is 2.78. The second-order valence-electron chi connectivity index (χ2n) is 9.22. The van der Waals surface area contributed by atoms with Crippen LogP contribution in [0.5, 0.6) is 5.75 Å². The summed E-state index contributed by atoms with van der Waals surface area (Å²) in [5.74, 6) is 1.23. The van der Waals surface area contributed by atoms with Crippen molar-refractivity contribution in [3.05, 3.63) is 36.9 Å². The van der Waals surface area contributed by atoms with Gasteiger partial charge in [0.15, 0.2) is 0 Å². The number of hydrogen-bond donors (Lipinski definition) is 1. The van der Waals surface area contributed by atoms with Gasteiger partial charge in [-0.1, -0.05) is 69.6 Å². The van der Waals surface area contributed by atoms with E-state index in [4.69, 9.17) is 4.74 Å². The molecule has 1 aliphatic heterocycles. The summed E-state index contributed by atoms with van der Waals surface area (Å²) in [5, 5.41) is 11.5. The van der Waals surface area contributed by atoms with Gasteiger partial charge in [-0.3, -0.25) is 4.90 Å². The third kappa shape index (κ3) is 6.24. The van der Waals surface area contributed by atoms with Crippen LogP contribution in [0.2, 0.25) is 0 Å². The molecule has 1 saturated carbocycles. The zero-order valence-corrected chi connectivity index (χ0v) is 19.0. The second-order valence-corrected chi connectivity index (χ2v) is 9.22. The van der Waals surface area contributed by atoms with Gasteiger partial charge in [0.1, 0.15) is 5.75 Å². The van der Waals surface area contributed by atoms with Crippen LogP contribution in [0.15, 0.2) is 36.9 Å². The zero-order valence-electron chi connectivity index (χ0n) is 19.0. The maximum absolute atomic E-state index is 11.5. The molecule has 2 aliphatic rings. The molecular formula is C26H42N2O2. The van der Waals surface area contributed by atoms with Gasteiger partial charge in [-0.2, -0.15) is 0 Å². The van der Waals surface area contributed by atoms with Gasteiger partial charge in [0.2, 0.25) is 0 Å². The van der Waals surface area contributed by atoms with Crippen LogP contribution in [0.1, 0.15) is 64.2 Å². The molecule has 0 amide bonds. The Morgan fingerprint density at radius 3 is 2.30 bits per heavy atom. The molecule has 30 heavy (non-hydrogen) atoms. The number of piperazine rings is 1. The normalized spacial score (nSPS) is 27.7. The molecular weight excluding hydrogens is 372 g/mol. The molecule has 2 unspecified atom stereocenters. The lowest BCUT2D eigenvalue weighted by molar-refractivity contribution is -0.00437. The lowest BCUT2D eigenvalue weighted by atomic mass is 9.79. The number of hydrogen-bond acceptors (Lipinski definition) is 4. The Hall–Kier alpha value is -1.52. The lowest BCUT2D eigenvalue weighted by Crippen LogP contribution is -2.51. The van der Waals surface area contributed by atoms with Gasteiger partial charge in [-0.25, -0.2) is 0 Å². The molecule has 168 valence electrons. The molecule has 1 aliphatic carbocycles. The van der Waals surface area contributed by atoms with Crippen molar-refractivity contribution in [3.63, 3.8) is 0 Å². The highest BCUT2D eigenvalue weighted by Crippen LogP contribution is 2.33. The van der Waals surface area contributed by atoms with Gasteiger partial charge in [-0.05, 0) is 25.0 Å². The Labute approximate surface area is 183 Å². The van der Waals surface area contributed by atoms with E-state index in [9.17, 15) is 5.11 Å². The van der Waals surface area contributed by atoms with Crippen LogP contribution in [0.25, 0.3) is 0 Å². The number of benzene rings is 1. The molecule has 1 aromatic rings. The van der Waals surface area contributed by atoms with E-state index in [2.05, 4.69) is 28.5 Å². The molecule has 4 nitrogen and oxygen atoms in total. The Morgan fingerprint density at radius 2 is 1.63 bits per heavy atom. The quantitative estimate of drug-likeness (QED) is 0.666. The molecule has 0 spiro atoms. The van der Waals surface area contributed by atoms with Crippen molar-refractivity contribution < 1.29 is 9.84 Å². The molecule has 2 fully saturated rings. The Kier molecular flexibility index (Phi) is 9.07. The van der Waals surface area contributed by atoms with Gasteiger partial charge in [-0.15, -0.1) is 6.58 Å². The summed E-state index contributed by atoms with van der Waals surface area (Å²) >= 11 is 0. The summed E-state index contributed by atoms with van der Waals surface area (Å²) < 4.78 is 5.56. The van der Waals surface area contributed by atoms with E-state index in [1.807, 2.05) is 18.2 Å². The summed E-state index contributed by atoms with van der Waals surface area (Å²) in [7, 11) is 1.74. The summed E-state index contributed by atoms with van der Waals surface area (Å²) in [5.41, 5.74) is 0.465. The number of anilines is 1. The van der Waals surface area contributed by atoms with Crippen LogP contribution in [0.3, 0.4) is 0 Å². The van der Waals surface area contributed by atoms with E-state index in [0.717, 1.165) is 57.7 Å². The first-order chi connectivity index (χ1) is 14.7. The molecule has 0 aromatic heterocycles. The highest BCUT2D eigenvalue weighted by molar-refractivity contribution is 5.58. The van der Waals surface area contributed by atoms with Crippen molar-refractivity contribution in [2.24, 2.45) is 5.92 Å². The Morgan fingerprint density at radius 1 is 1.00 bits per heavy atom. The molecule has 1 heterocycles. The fraction of sp³-hybridized carbons (Fsp3) is 0.692. The predicted octanol–water partition coefficient (Wildman–Crippen LogP) is 5.27. The van der Waals surface area contributed by atoms with E-state index >= 15 is 0 Å². The van der Waals surface area contributed by atoms with Crippen molar-refractivity contribution in [1.82, 2.24) is 4.90 Å². The molecule has 1 aromatic carbocycles. The predicted molar refractivity (Wildman–Crippen MR) is 126 cm³/mol. The number of nitrogens with zero attached hydrogens (tertiary/aromatic N) is 2. The summed E-state index contributed by atoms with van der Waals surface area (Å²) in [4.78, 5) is 4.98. The molecule has 0 bridgehead atoms. The minimum atomic E-state index is -0.723. The Bertz CT molecular complexity index is 642. The van der Waals surface area contributed by atoms with Crippen LogP contribution in [0.4, 0.5) is 5.69 Å². The number of aliphatic hydroxyl groups is 1. The standard InChI is InChI=1S/C26H42N2O2/c1-3-26(29)17-13-9-7-5-4-6-8-10-14-23(26)22-27-18-20-28(21-19-27)24-15-11-12-16-25(24)30-2/h3,11-12,15-16,23,29H,1,4-10,13-14,17-22H2,2H3. The van der Waals surface area contributed by atoms with Crippen molar-refractivity contribution in [2.75, 3.05) is 44.7 Å². The second kappa shape index (κ2) is 11.8. The zero-order chi connectivity index (χ0) is 21.2. The molecule has 1 N–H and O–H groups in total. The van der Waals surface area contributed by atoms with E-state index in [1.54, 1.807) is 7.11 Å². The van der Waals surface area contributed by atoms with E-state index < -0.39 is 5.60 Å². The molecule has 2 atom stereocenters. The highest BCUT2D eigenvalue weighted by atomic mass is 16.5. The fourth-order valence-electron chi connectivity index (χ4n) is 5.21. The largest absolute Gasteiger partial charge is 0.495 e. The summed E-state index contributed by atoms with van der Waals surface area (Å²) in [6.45, 7) is 9.08. The maximum atomic E-state index is 11.5. The molecule has 3 rings (SSSR count). The van der Waals surface area contributed by atoms with E-state index in [0.29, 0.717) is 0 Å². The van der Waals surface area contributed by atoms with Crippen molar-refractivity contribution in [1.29, 1.82) is 0 Å². The SMILES string of the molecule is C=CC1(O)CCCCCCCCCCC1CN1CCN(c2ccccc2OC)CC1. The fourth-order valence-corrected chi connectivity index (χ4v) is 5.21. The third-order valence-electron chi connectivity index (χ3n) is 7.22. The first-order valence-electron chi connectivity index (χ1n) is 12.1. The minimum absolute atomic E-state index is 0.284. The maximum Gasteiger partial charge on any atom is 0.142 e. The number of rotatable bonds is 5. The monoisotopic (exact) mass is 414 g/mol. The topological polar surface area (TPSA) is 35.9 Å². The number of para-hydroxylation sites is 2. The smallest absolute Gasteiger partial charge is 0.142 e. The van der Waals surface area contributed by atoms with Crippen LogP contribution in [0, 0.1) is 5.92 Å². The lowest BCUT2D eigenvalue weighted by Gasteiger charge is -2.41. The van der Waals surface area contributed by atoms with Gasteiger partial charge in [0.05, 0.1) is 18.4 Å². The molecule has 1 saturated heterocycles. The van der Waals surface area contributed by atoms with Crippen LogP contribution < -0.4 is 9.64 Å². The van der Waals surface area contributed by atoms with Gasteiger partial charge in [0, 0.05) is 38.6 Å². The average molecular weight is 415 g/mol. The van der Waals surface area contributed by atoms with Crippen molar-refractivity contribution in [3.8, 4) is 5.75 Å². The Balaban J connectivity index is 1.60. The summed E-state index contributed by atoms with van der Waals surface area (Å²) in [6, 6.07) is 8.30. The van der Waals surface area contributed by atoms with E-state index in [1.165, 1.54) is 50.6 Å².